The highest BCUT2D eigenvalue weighted by Crippen LogP contribution is 2.23. The van der Waals surface area contributed by atoms with E-state index in [9.17, 15) is 0 Å². The number of hydrogen-bond donors (Lipinski definition) is 1. The summed E-state index contributed by atoms with van der Waals surface area (Å²) in [6.45, 7) is 5.64. The first kappa shape index (κ1) is 19.2. The summed E-state index contributed by atoms with van der Waals surface area (Å²) < 4.78 is 5.70. The third-order valence-corrected chi connectivity index (χ3v) is 5.11. The fourth-order valence-corrected chi connectivity index (χ4v) is 3.61. The standard InChI is InChI=1S/C23H27N5O/c1-2-29-21-8-4-3-7-18(21)11-12-24-22-15-20(26-17-27-22)19-9-10-23(25-16-19)28-13-5-6-14-28/h3-4,7-10,15-17H,2,5-6,11-14H2,1H3,(H,24,26,27). The zero-order valence-electron chi connectivity index (χ0n) is 16.8. The second-order valence-corrected chi connectivity index (χ2v) is 7.11. The number of benzene rings is 1. The molecule has 6 heteroatoms. The lowest BCUT2D eigenvalue weighted by Crippen LogP contribution is -2.18. The largest absolute Gasteiger partial charge is 0.494 e. The molecule has 3 heterocycles. The van der Waals surface area contributed by atoms with Gasteiger partial charge in [-0.05, 0) is 49.9 Å². The molecule has 0 amide bonds. The Morgan fingerprint density at radius 1 is 1.03 bits per heavy atom. The van der Waals surface area contributed by atoms with Crippen LogP contribution in [0.15, 0.2) is 55.0 Å². The Morgan fingerprint density at radius 2 is 1.90 bits per heavy atom. The van der Waals surface area contributed by atoms with Crippen LogP contribution in [0.1, 0.15) is 25.3 Å². The minimum absolute atomic E-state index is 0.671. The molecule has 150 valence electrons. The van der Waals surface area contributed by atoms with Gasteiger partial charge < -0.3 is 15.0 Å². The second-order valence-electron chi connectivity index (χ2n) is 7.11. The summed E-state index contributed by atoms with van der Waals surface area (Å²) in [5.41, 5.74) is 3.07. The average Bonchev–Trinajstić information content (AvgIpc) is 3.31. The number of para-hydroxylation sites is 1. The molecule has 0 aliphatic carbocycles. The van der Waals surface area contributed by atoms with E-state index in [0.29, 0.717) is 6.61 Å². The Bertz CT molecular complexity index is 923. The highest BCUT2D eigenvalue weighted by Gasteiger charge is 2.13. The molecule has 1 aliphatic heterocycles. The molecule has 0 spiro atoms. The Kier molecular flexibility index (Phi) is 6.19. The number of nitrogens with one attached hydrogen (secondary N) is 1. The number of rotatable bonds is 8. The Morgan fingerprint density at radius 3 is 2.69 bits per heavy atom. The van der Waals surface area contributed by atoms with Crippen LogP contribution in [0.3, 0.4) is 0 Å². The van der Waals surface area contributed by atoms with Crippen molar-refractivity contribution in [2.45, 2.75) is 26.2 Å². The maximum absolute atomic E-state index is 5.70. The van der Waals surface area contributed by atoms with Crippen molar-refractivity contribution in [1.82, 2.24) is 15.0 Å². The highest BCUT2D eigenvalue weighted by atomic mass is 16.5. The Balaban J connectivity index is 1.39. The molecule has 0 saturated carbocycles. The summed E-state index contributed by atoms with van der Waals surface area (Å²) in [5, 5.41) is 3.39. The minimum atomic E-state index is 0.671. The average molecular weight is 390 g/mol. The van der Waals surface area contributed by atoms with Crippen LogP contribution in [0, 0.1) is 0 Å². The van der Waals surface area contributed by atoms with Gasteiger partial charge >= 0.3 is 0 Å². The van der Waals surface area contributed by atoms with Crippen LogP contribution in [-0.4, -0.2) is 41.2 Å². The molecule has 6 nitrogen and oxygen atoms in total. The van der Waals surface area contributed by atoms with E-state index in [0.717, 1.165) is 54.7 Å². The Labute approximate surface area is 172 Å². The summed E-state index contributed by atoms with van der Waals surface area (Å²) in [7, 11) is 0. The van der Waals surface area contributed by atoms with Gasteiger partial charge in [-0.15, -0.1) is 0 Å². The number of ether oxygens (including phenoxy) is 1. The van der Waals surface area contributed by atoms with Gasteiger partial charge in [-0.25, -0.2) is 15.0 Å². The predicted molar refractivity (Wildman–Crippen MR) is 117 cm³/mol. The molecule has 0 radical (unpaired) electrons. The van der Waals surface area contributed by atoms with E-state index >= 15 is 0 Å². The number of nitrogens with zero attached hydrogens (tertiary/aromatic N) is 4. The molecule has 4 rings (SSSR count). The molecule has 1 N–H and O–H groups in total. The quantitative estimate of drug-likeness (QED) is 0.623. The van der Waals surface area contributed by atoms with Crippen LogP contribution in [0.5, 0.6) is 5.75 Å². The number of aromatic nitrogens is 3. The number of hydrogen-bond acceptors (Lipinski definition) is 6. The van der Waals surface area contributed by atoms with Crippen molar-refractivity contribution >= 4 is 11.6 Å². The van der Waals surface area contributed by atoms with E-state index in [-0.39, 0.29) is 0 Å². The van der Waals surface area contributed by atoms with Gasteiger partial charge in [0.15, 0.2) is 0 Å². The predicted octanol–water partition coefficient (Wildman–Crippen LogP) is 4.19. The lowest BCUT2D eigenvalue weighted by atomic mass is 10.1. The first-order valence-corrected chi connectivity index (χ1v) is 10.3. The van der Waals surface area contributed by atoms with E-state index in [4.69, 9.17) is 4.74 Å². The van der Waals surface area contributed by atoms with Crippen molar-refractivity contribution in [3.05, 3.63) is 60.6 Å². The maximum atomic E-state index is 5.70. The fourth-order valence-electron chi connectivity index (χ4n) is 3.61. The normalized spacial score (nSPS) is 13.5. The van der Waals surface area contributed by atoms with Crippen molar-refractivity contribution in [3.8, 4) is 17.0 Å². The SMILES string of the molecule is CCOc1ccccc1CCNc1cc(-c2ccc(N3CCCC3)nc2)ncn1. The summed E-state index contributed by atoms with van der Waals surface area (Å²) in [5.74, 6) is 2.81. The van der Waals surface area contributed by atoms with Gasteiger partial charge in [0.2, 0.25) is 0 Å². The van der Waals surface area contributed by atoms with E-state index < -0.39 is 0 Å². The minimum Gasteiger partial charge on any atom is -0.494 e. The summed E-state index contributed by atoms with van der Waals surface area (Å²) in [6, 6.07) is 14.3. The van der Waals surface area contributed by atoms with Crippen LogP contribution in [0.2, 0.25) is 0 Å². The first-order chi connectivity index (χ1) is 14.3. The smallest absolute Gasteiger partial charge is 0.129 e. The van der Waals surface area contributed by atoms with Crippen LogP contribution in [-0.2, 0) is 6.42 Å². The summed E-state index contributed by atoms with van der Waals surface area (Å²) in [6.07, 6.45) is 6.86. The monoisotopic (exact) mass is 389 g/mol. The van der Waals surface area contributed by atoms with Gasteiger partial charge in [0.25, 0.3) is 0 Å². The molecule has 1 aromatic carbocycles. The molecule has 2 aromatic heterocycles. The van der Waals surface area contributed by atoms with Crippen molar-refractivity contribution < 1.29 is 4.74 Å². The highest BCUT2D eigenvalue weighted by molar-refractivity contribution is 5.62. The maximum Gasteiger partial charge on any atom is 0.129 e. The van der Waals surface area contributed by atoms with Crippen molar-refractivity contribution in [2.24, 2.45) is 0 Å². The molecule has 29 heavy (non-hydrogen) atoms. The second kappa shape index (κ2) is 9.37. The van der Waals surface area contributed by atoms with Gasteiger partial charge in [0, 0.05) is 37.5 Å². The molecule has 0 atom stereocenters. The number of pyridine rings is 1. The van der Waals surface area contributed by atoms with E-state index in [1.54, 1.807) is 6.33 Å². The zero-order valence-corrected chi connectivity index (χ0v) is 16.8. The van der Waals surface area contributed by atoms with Crippen LogP contribution >= 0.6 is 0 Å². The topological polar surface area (TPSA) is 63.2 Å². The van der Waals surface area contributed by atoms with Crippen LogP contribution < -0.4 is 15.0 Å². The van der Waals surface area contributed by atoms with Crippen molar-refractivity contribution in [1.29, 1.82) is 0 Å². The third kappa shape index (κ3) is 4.83. The summed E-state index contributed by atoms with van der Waals surface area (Å²) in [4.78, 5) is 15.7. The first-order valence-electron chi connectivity index (χ1n) is 10.3. The fraction of sp³-hybridized carbons (Fsp3) is 0.348. The molecular formula is C23H27N5O. The summed E-state index contributed by atoms with van der Waals surface area (Å²) >= 11 is 0. The van der Waals surface area contributed by atoms with E-state index in [1.165, 1.54) is 18.4 Å². The van der Waals surface area contributed by atoms with Crippen molar-refractivity contribution in [2.75, 3.05) is 36.5 Å². The molecule has 1 fully saturated rings. The molecule has 3 aromatic rings. The number of anilines is 2. The van der Waals surface area contributed by atoms with Crippen LogP contribution in [0.25, 0.3) is 11.3 Å². The third-order valence-electron chi connectivity index (χ3n) is 5.11. The molecule has 1 aliphatic rings. The van der Waals surface area contributed by atoms with Crippen molar-refractivity contribution in [3.63, 3.8) is 0 Å². The molecule has 0 unspecified atom stereocenters. The molecular weight excluding hydrogens is 362 g/mol. The Hall–Kier alpha value is -3.15. The zero-order chi connectivity index (χ0) is 19.9. The van der Waals surface area contributed by atoms with Gasteiger partial charge in [0.1, 0.15) is 23.7 Å². The van der Waals surface area contributed by atoms with Gasteiger partial charge in [0.05, 0.1) is 12.3 Å². The lowest BCUT2D eigenvalue weighted by molar-refractivity contribution is 0.336. The van der Waals surface area contributed by atoms with E-state index in [1.807, 2.05) is 37.4 Å². The van der Waals surface area contributed by atoms with Gasteiger partial charge in [-0.3, -0.25) is 0 Å². The molecule has 0 bridgehead atoms. The lowest BCUT2D eigenvalue weighted by Gasteiger charge is -2.16. The van der Waals surface area contributed by atoms with Gasteiger partial charge in [-0.1, -0.05) is 18.2 Å². The van der Waals surface area contributed by atoms with E-state index in [2.05, 4.69) is 43.4 Å². The van der Waals surface area contributed by atoms with Crippen LogP contribution in [0.4, 0.5) is 11.6 Å². The molecule has 1 saturated heterocycles. The van der Waals surface area contributed by atoms with Gasteiger partial charge in [-0.2, -0.15) is 0 Å².